The maximum atomic E-state index is 14.6. The number of halogens is 1. The molecular weight excluding hydrogens is 1160 g/mol. The molecule has 3 saturated heterocycles. The summed E-state index contributed by atoms with van der Waals surface area (Å²) < 4.78 is 39.6. The van der Waals surface area contributed by atoms with Crippen molar-refractivity contribution >= 4 is 34.5 Å². The number of nitrogens with zero attached hydrogens (tertiary/aromatic N) is 2. The van der Waals surface area contributed by atoms with Gasteiger partial charge in [-0.2, -0.15) is 0 Å². The van der Waals surface area contributed by atoms with Gasteiger partial charge in [-0.3, -0.25) is 14.4 Å². The van der Waals surface area contributed by atoms with E-state index in [9.17, 15) is 84.8 Å². The zero-order chi connectivity index (χ0) is 65.3. The first-order valence-electron chi connectivity index (χ1n) is 30.5. The van der Waals surface area contributed by atoms with Gasteiger partial charge in [-0.05, 0) is 58.1 Å². The summed E-state index contributed by atoms with van der Waals surface area (Å²) in [5, 5.41) is 131. The van der Waals surface area contributed by atoms with Crippen LogP contribution < -0.4 is 21.4 Å². The lowest BCUT2D eigenvalue weighted by molar-refractivity contribution is -0.308. The summed E-state index contributed by atoms with van der Waals surface area (Å²) in [6, 6.07) is 1.93. The Morgan fingerprint density at radius 3 is 1.90 bits per heavy atom. The number of anilines is 1. The number of carboxylic acid groups (broad SMARTS) is 2. The van der Waals surface area contributed by atoms with Gasteiger partial charge in [-0.15, -0.1) is 0 Å². The second-order valence-electron chi connectivity index (χ2n) is 23.9. The van der Waals surface area contributed by atoms with Gasteiger partial charge in [-0.1, -0.05) is 98.9 Å². The third-order valence-corrected chi connectivity index (χ3v) is 16.8. The molecule has 2 bridgehead atoms. The summed E-state index contributed by atoms with van der Waals surface area (Å²) in [7, 11) is 0. The summed E-state index contributed by atoms with van der Waals surface area (Å²) in [5.41, 5.74) is 6.18. The van der Waals surface area contributed by atoms with Crippen LogP contribution in [0.1, 0.15) is 108 Å². The first kappa shape index (κ1) is 72.2. The van der Waals surface area contributed by atoms with Crippen molar-refractivity contribution in [2.24, 2.45) is 23.5 Å². The number of cyclic esters (lactones) is 1. The van der Waals surface area contributed by atoms with Crippen molar-refractivity contribution in [2.75, 3.05) is 31.1 Å². The maximum absolute atomic E-state index is 14.6. The van der Waals surface area contributed by atoms with Gasteiger partial charge < -0.3 is 101 Å². The van der Waals surface area contributed by atoms with E-state index in [1.165, 1.54) is 25.3 Å². The number of esters is 1. The normalized spacial score (nSPS) is 38.1. The van der Waals surface area contributed by atoms with Crippen LogP contribution in [-0.4, -0.2) is 207 Å². The number of benzene rings is 1. The fourth-order valence-electron chi connectivity index (χ4n) is 11.3. The number of hydrogen-bond donors (Lipinski definition) is 14. The van der Waals surface area contributed by atoms with Crippen molar-refractivity contribution in [3.63, 3.8) is 0 Å². The van der Waals surface area contributed by atoms with Crippen molar-refractivity contribution in [1.29, 1.82) is 0 Å². The molecule has 1 saturated carbocycles. The third kappa shape index (κ3) is 21.1. The molecule has 5 heterocycles. The summed E-state index contributed by atoms with van der Waals surface area (Å²) >= 11 is 0. The van der Waals surface area contributed by atoms with E-state index in [1.807, 2.05) is 22.5 Å². The van der Waals surface area contributed by atoms with Crippen LogP contribution in [0.25, 0.3) is 10.9 Å². The van der Waals surface area contributed by atoms with Gasteiger partial charge in [-0.25, -0.2) is 9.18 Å². The highest BCUT2D eigenvalue weighted by Crippen LogP contribution is 2.40. The van der Waals surface area contributed by atoms with Gasteiger partial charge in [0.05, 0.1) is 90.8 Å². The van der Waals surface area contributed by atoms with Gasteiger partial charge >= 0.3 is 17.9 Å². The second kappa shape index (κ2) is 34.0. The number of nitrogens with one attached hydrogen (secondary N) is 1. The second-order valence-corrected chi connectivity index (χ2v) is 23.9. The molecule has 7 rings (SSSR count). The number of aliphatic hydroxyl groups is 10. The molecule has 1 aromatic carbocycles. The lowest BCUT2D eigenvalue weighted by Crippen LogP contribution is -2.61. The van der Waals surface area contributed by atoms with Crippen molar-refractivity contribution in [1.82, 2.24) is 9.88 Å². The van der Waals surface area contributed by atoms with E-state index >= 15 is 0 Å². The minimum atomic E-state index is -2.29. The van der Waals surface area contributed by atoms with E-state index in [1.54, 1.807) is 92.8 Å². The highest BCUT2D eigenvalue weighted by atomic mass is 19.1. The number of aromatic nitrogens is 1. The monoisotopic (exact) mass is 1250 g/mol. The van der Waals surface area contributed by atoms with Gasteiger partial charge in [0.15, 0.2) is 12.1 Å². The van der Waals surface area contributed by atoms with E-state index in [4.69, 9.17) is 24.7 Å². The van der Waals surface area contributed by atoms with E-state index < -0.39 is 164 Å². The Balaban J connectivity index is 0.000000431. The van der Waals surface area contributed by atoms with Crippen LogP contribution >= 0.6 is 0 Å². The van der Waals surface area contributed by atoms with Crippen LogP contribution in [0.2, 0.25) is 0 Å². The molecule has 1 aromatic heterocycles. The zero-order valence-electron chi connectivity index (χ0n) is 50.7. The Morgan fingerprint density at radius 2 is 1.30 bits per heavy atom. The van der Waals surface area contributed by atoms with Crippen LogP contribution in [-0.2, 0) is 28.5 Å². The largest absolute Gasteiger partial charge is 0.481 e. The summed E-state index contributed by atoms with van der Waals surface area (Å²) in [4.78, 5) is 50.8. The highest BCUT2D eigenvalue weighted by Gasteiger charge is 2.51. The van der Waals surface area contributed by atoms with Gasteiger partial charge in [0, 0.05) is 81.3 Å². The van der Waals surface area contributed by atoms with Crippen molar-refractivity contribution in [3.8, 4) is 0 Å². The predicted octanol–water partition coefficient (Wildman–Crippen LogP) is 2.30. The first-order valence-corrected chi connectivity index (χ1v) is 30.5. The molecule has 4 aliphatic heterocycles. The minimum absolute atomic E-state index is 0.137. The first-order chi connectivity index (χ1) is 42.2. The number of aliphatic hydroxyl groups excluding tert-OH is 9. The number of carboxylic acids is 2. The Labute approximate surface area is 516 Å². The summed E-state index contributed by atoms with van der Waals surface area (Å²) in [6.07, 6.45) is 6.84. The number of fused-ring (bicyclic) bond motifs is 3. The molecule has 0 spiro atoms. The van der Waals surface area contributed by atoms with Crippen LogP contribution in [0, 0.1) is 23.6 Å². The number of nitrogens with two attached hydrogens (primary N) is 1. The molecule has 1 aliphatic carbocycles. The number of piperazine rings is 1. The van der Waals surface area contributed by atoms with Crippen molar-refractivity contribution in [2.45, 2.75) is 195 Å². The van der Waals surface area contributed by atoms with Crippen LogP contribution in [0.3, 0.4) is 0 Å². The topological polar surface area (TPSA) is 394 Å². The van der Waals surface area contributed by atoms with Crippen molar-refractivity contribution < 1.29 is 99.0 Å². The molecule has 4 fully saturated rings. The quantitative estimate of drug-likeness (QED) is 0.185. The number of aromatic carboxylic acids is 1. The molecule has 2 aromatic rings. The number of rotatable bonds is 6. The molecule has 24 nitrogen and oxygen atoms in total. The molecule has 19 atom stereocenters. The summed E-state index contributed by atoms with van der Waals surface area (Å²) in [5.74, 6) is -8.58. The number of pyridine rings is 1. The average molecular weight is 1260 g/mol. The van der Waals surface area contributed by atoms with E-state index in [-0.39, 0.29) is 48.6 Å². The van der Waals surface area contributed by atoms with E-state index in [0.717, 1.165) is 25.9 Å². The number of carbonyl (C=O) groups excluding carboxylic acids is 1. The summed E-state index contributed by atoms with van der Waals surface area (Å²) in [6.45, 7) is 9.68. The lowest BCUT2D eigenvalue weighted by atomic mass is 9.82. The van der Waals surface area contributed by atoms with E-state index in [0.29, 0.717) is 24.3 Å². The molecule has 25 heteroatoms. The predicted molar refractivity (Wildman–Crippen MR) is 325 cm³/mol. The lowest BCUT2D eigenvalue weighted by Gasteiger charge is -2.45. The molecule has 5 aliphatic rings. The van der Waals surface area contributed by atoms with Crippen LogP contribution in [0.15, 0.2) is 108 Å². The third-order valence-electron chi connectivity index (χ3n) is 16.8. The number of carbonyl (C=O) groups is 3. The van der Waals surface area contributed by atoms with E-state index in [2.05, 4.69) is 5.32 Å². The molecule has 494 valence electrons. The minimum Gasteiger partial charge on any atom is -0.481 e. The van der Waals surface area contributed by atoms with Gasteiger partial charge in [0.1, 0.15) is 29.5 Å². The highest BCUT2D eigenvalue weighted by molar-refractivity contribution is 5.93. The smallest absolute Gasteiger partial charge is 0.341 e. The Bertz CT molecular complexity index is 2920. The number of ether oxygens (including phenoxy) is 4. The van der Waals surface area contributed by atoms with Crippen LogP contribution in [0.5, 0.6) is 0 Å². The zero-order valence-corrected chi connectivity index (χ0v) is 50.7. The Hall–Kier alpha value is -5.85. The average Bonchev–Trinajstić information content (AvgIpc) is 1.81. The molecule has 89 heavy (non-hydrogen) atoms. The Morgan fingerprint density at radius 1 is 0.697 bits per heavy atom. The van der Waals surface area contributed by atoms with Crippen LogP contribution in [0.4, 0.5) is 10.1 Å². The van der Waals surface area contributed by atoms with Crippen molar-refractivity contribution in [3.05, 3.63) is 125 Å². The van der Waals surface area contributed by atoms with Gasteiger partial charge in [0.2, 0.25) is 5.43 Å². The SMILES string of the molecule is CC1OC(O[C@H]2/C=C/C=C/C=C/C=C/C=C/C=C/C=C/[C@H](C)[C@@H](O)[C@H](C)[C@H](C)OC(=O)C[C@H](O)C[C@H](O)[C@@H](O)CC[C@H](O)C[C@H](O)C[C@]3(O)C[C@H](O)[C@@H](C(=O)O)[C@H](C2)O3)C(O)C(N)C1O.O=C(O)c1cn(C2CC2)c2cc(N3CCNCC3)c(F)cc2c1=O. The number of hydrogen-bond acceptors (Lipinski definition) is 21. The molecule has 5 unspecified atom stereocenters. The fourth-order valence-corrected chi connectivity index (χ4v) is 11.3. The molecule has 0 radical (unpaired) electrons. The number of allylic oxidation sites excluding steroid dienone is 12. The molecular formula is C64H91FN4O20. The van der Waals surface area contributed by atoms with Gasteiger partial charge in [0.25, 0.3) is 0 Å². The Kier molecular flexibility index (Phi) is 27.6. The fraction of sp³-hybridized carbons (Fsp3) is 0.594. The maximum Gasteiger partial charge on any atom is 0.341 e. The molecule has 0 amide bonds. The standard InChI is InChI=1S/C47H73NO17.C17H18FN3O3/c1-27-17-15-13-11-9-7-5-6-8-10-12-14-16-18-34(64-46-44(58)41(48)43(57)30(4)63-46)24-38-40(45(59)60)37(54)26-47(61,65-38)25-33(51)21-31(49)19-20-35(52)36(53)22-32(50)23-39(55)62-29(3)28(2)42(27)56;18-13-7-11-14(8-15(13)20-5-3-19-4-6-20)21(10-1-2-10)9-12(16(11)22)17(23)24/h5-18,27-38,40-44,46,49-54,56-58,61H,19-26,48H2,1-4H3,(H,59,60);7-10,19H,1-6H2,(H,23,24)/b6-5+,9-7+,10-8+,13-11+,14-12+,17-15+,18-16+;/t27-,28+,29-,30?,31-,32+,33-,34-,35-,36-,37-,38-,40+,41?,42+,43?,44?,46?,47+;/m0./s1. The molecule has 15 N–H and O–H groups in total. The number of aliphatic carboxylic acids is 1.